The third-order valence-corrected chi connectivity index (χ3v) is 2.41. The van der Waals surface area contributed by atoms with Crippen molar-refractivity contribution in [2.75, 3.05) is 11.0 Å². The zero-order chi connectivity index (χ0) is 8.97. The van der Waals surface area contributed by atoms with Crippen LogP contribution in [0.25, 0.3) is 0 Å². The first kappa shape index (κ1) is 9.57. The molecule has 0 amide bonds. The van der Waals surface area contributed by atoms with Gasteiger partial charge in [0.1, 0.15) is 0 Å². The van der Waals surface area contributed by atoms with Crippen molar-refractivity contribution in [2.45, 2.75) is 4.90 Å². The maximum absolute atomic E-state index is 10.4. The lowest BCUT2D eigenvalue weighted by Crippen LogP contribution is -2.01. The standard InChI is InChI=1S/C7H9NO2S2/c1-11-7-4-2-3-6(5-7)8-12(9)10/h2-5,8H,1H3,(H,9,10). The van der Waals surface area contributed by atoms with Crippen LogP contribution in [-0.4, -0.2) is 15.0 Å². The van der Waals surface area contributed by atoms with Gasteiger partial charge in [-0.25, -0.2) is 4.21 Å². The Kier molecular flexibility index (Phi) is 3.58. The van der Waals surface area contributed by atoms with E-state index >= 15 is 0 Å². The Morgan fingerprint density at radius 3 is 2.92 bits per heavy atom. The molecular weight excluding hydrogens is 194 g/mol. The van der Waals surface area contributed by atoms with Crippen molar-refractivity contribution in [3.8, 4) is 0 Å². The molecule has 0 heterocycles. The monoisotopic (exact) mass is 203 g/mol. The highest BCUT2D eigenvalue weighted by molar-refractivity contribution is 7.98. The summed E-state index contributed by atoms with van der Waals surface area (Å²) in [4.78, 5) is 1.06. The molecule has 0 saturated carbocycles. The molecule has 1 rings (SSSR count). The average molecular weight is 203 g/mol. The van der Waals surface area contributed by atoms with Crippen LogP contribution in [0.2, 0.25) is 0 Å². The van der Waals surface area contributed by atoms with E-state index in [-0.39, 0.29) is 0 Å². The maximum atomic E-state index is 10.4. The highest BCUT2D eigenvalue weighted by Crippen LogP contribution is 2.18. The SMILES string of the molecule is CSc1cccc(NS(=O)O)c1. The van der Waals surface area contributed by atoms with Crippen LogP contribution in [0.15, 0.2) is 29.2 Å². The van der Waals surface area contributed by atoms with E-state index in [1.807, 2.05) is 24.5 Å². The number of thioether (sulfide) groups is 1. The first-order chi connectivity index (χ1) is 5.72. The van der Waals surface area contributed by atoms with Crippen molar-refractivity contribution < 1.29 is 8.76 Å². The quantitative estimate of drug-likeness (QED) is 0.583. The van der Waals surface area contributed by atoms with Crippen LogP contribution < -0.4 is 4.72 Å². The topological polar surface area (TPSA) is 49.3 Å². The molecule has 0 radical (unpaired) electrons. The fraction of sp³-hybridized carbons (Fsp3) is 0.143. The molecule has 0 aliphatic rings. The zero-order valence-electron chi connectivity index (χ0n) is 6.48. The van der Waals surface area contributed by atoms with Gasteiger partial charge in [0, 0.05) is 10.6 Å². The van der Waals surface area contributed by atoms with Crippen molar-refractivity contribution in [3.63, 3.8) is 0 Å². The minimum absolute atomic E-state index is 0.655. The summed E-state index contributed by atoms with van der Waals surface area (Å²) in [7, 11) is 0. The van der Waals surface area contributed by atoms with Crippen LogP contribution in [0.4, 0.5) is 5.69 Å². The van der Waals surface area contributed by atoms with Crippen LogP contribution in [0.3, 0.4) is 0 Å². The van der Waals surface area contributed by atoms with Crippen molar-refractivity contribution in [3.05, 3.63) is 24.3 Å². The largest absolute Gasteiger partial charge is 0.289 e. The molecule has 0 bridgehead atoms. The average Bonchev–Trinajstić information content (AvgIpc) is 2.03. The van der Waals surface area contributed by atoms with Crippen LogP contribution in [0, 0.1) is 0 Å². The minimum Gasteiger partial charge on any atom is -0.289 e. The van der Waals surface area contributed by atoms with Crippen molar-refractivity contribution in [2.24, 2.45) is 0 Å². The van der Waals surface area contributed by atoms with Crippen LogP contribution in [0.1, 0.15) is 0 Å². The van der Waals surface area contributed by atoms with Crippen LogP contribution in [0.5, 0.6) is 0 Å². The number of hydrogen-bond donors (Lipinski definition) is 2. The third kappa shape index (κ3) is 2.84. The van der Waals surface area contributed by atoms with Gasteiger partial charge in [0.15, 0.2) is 0 Å². The van der Waals surface area contributed by atoms with E-state index in [2.05, 4.69) is 4.72 Å². The van der Waals surface area contributed by atoms with Gasteiger partial charge in [-0.2, -0.15) is 0 Å². The fourth-order valence-electron chi connectivity index (χ4n) is 0.787. The molecule has 1 unspecified atom stereocenters. The number of rotatable bonds is 3. The summed E-state index contributed by atoms with van der Waals surface area (Å²) in [6.45, 7) is 0. The maximum Gasteiger partial charge on any atom is 0.259 e. The zero-order valence-corrected chi connectivity index (χ0v) is 8.11. The van der Waals surface area contributed by atoms with Crippen molar-refractivity contribution in [1.29, 1.82) is 0 Å². The molecule has 3 nitrogen and oxygen atoms in total. The van der Waals surface area contributed by atoms with Crippen LogP contribution in [-0.2, 0) is 11.3 Å². The van der Waals surface area contributed by atoms with Gasteiger partial charge in [-0.1, -0.05) is 6.07 Å². The van der Waals surface area contributed by atoms with Gasteiger partial charge < -0.3 is 0 Å². The smallest absolute Gasteiger partial charge is 0.259 e. The molecule has 0 saturated heterocycles. The summed E-state index contributed by atoms with van der Waals surface area (Å²) < 4.78 is 21.3. The van der Waals surface area contributed by atoms with Crippen molar-refractivity contribution in [1.82, 2.24) is 0 Å². The molecule has 0 aromatic heterocycles. The Balaban J connectivity index is 2.79. The Labute approximate surface area is 78.0 Å². The van der Waals surface area contributed by atoms with Gasteiger partial charge in [0.25, 0.3) is 11.3 Å². The summed E-state index contributed by atoms with van der Waals surface area (Å²) in [5.41, 5.74) is 0.655. The summed E-state index contributed by atoms with van der Waals surface area (Å²) >= 11 is -0.397. The van der Waals surface area contributed by atoms with Gasteiger partial charge in [-0.15, -0.1) is 11.8 Å². The lowest BCUT2D eigenvalue weighted by atomic mass is 10.3. The molecule has 0 fully saturated rings. The Hall–Kier alpha value is -0.520. The number of nitrogens with one attached hydrogen (secondary N) is 1. The number of anilines is 1. The summed E-state index contributed by atoms with van der Waals surface area (Å²) in [6.07, 6.45) is 1.95. The van der Waals surface area contributed by atoms with E-state index in [1.54, 1.807) is 17.8 Å². The van der Waals surface area contributed by atoms with Crippen molar-refractivity contribution >= 4 is 28.7 Å². The van der Waals surface area contributed by atoms with Gasteiger partial charge in [-0.3, -0.25) is 9.27 Å². The molecule has 0 spiro atoms. The van der Waals surface area contributed by atoms with Gasteiger partial charge >= 0.3 is 0 Å². The third-order valence-electron chi connectivity index (χ3n) is 1.27. The van der Waals surface area contributed by atoms with E-state index in [0.717, 1.165) is 4.90 Å². The molecule has 12 heavy (non-hydrogen) atoms. The normalized spacial score (nSPS) is 12.5. The van der Waals surface area contributed by atoms with E-state index in [0.29, 0.717) is 5.69 Å². The van der Waals surface area contributed by atoms with E-state index < -0.39 is 11.3 Å². The molecule has 0 aliphatic carbocycles. The highest BCUT2D eigenvalue weighted by Gasteiger charge is 1.95. The van der Waals surface area contributed by atoms with Gasteiger partial charge in [0.2, 0.25) is 0 Å². The summed E-state index contributed by atoms with van der Waals surface area (Å²) in [5.74, 6) is 0. The Morgan fingerprint density at radius 2 is 2.33 bits per heavy atom. The number of hydrogen-bond acceptors (Lipinski definition) is 2. The first-order valence-electron chi connectivity index (χ1n) is 3.24. The first-order valence-corrected chi connectivity index (χ1v) is 5.57. The highest BCUT2D eigenvalue weighted by atomic mass is 32.2. The van der Waals surface area contributed by atoms with Gasteiger partial charge in [-0.05, 0) is 24.5 Å². The summed E-state index contributed by atoms with van der Waals surface area (Å²) in [6, 6.07) is 7.34. The molecule has 1 atom stereocenters. The minimum atomic E-state index is -1.99. The molecule has 2 N–H and O–H groups in total. The fourth-order valence-corrected chi connectivity index (χ4v) is 1.58. The van der Waals surface area contributed by atoms with Gasteiger partial charge in [0.05, 0.1) is 0 Å². The second-order valence-electron chi connectivity index (χ2n) is 2.08. The predicted molar refractivity (Wildman–Crippen MR) is 52.6 cm³/mol. The molecule has 1 aromatic rings. The van der Waals surface area contributed by atoms with E-state index in [9.17, 15) is 4.21 Å². The lowest BCUT2D eigenvalue weighted by Gasteiger charge is -2.01. The molecule has 0 aliphatic heterocycles. The predicted octanol–water partition coefficient (Wildman–Crippen LogP) is 1.96. The van der Waals surface area contributed by atoms with E-state index in [1.165, 1.54) is 0 Å². The summed E-state index contributed by atoms with van der Waals surface area (Å²) in [5, 5.41) is 0. The Morgan fingerprint density at radius 1 is 1.58 bits per heavy atom. The molecule has 5 heteroatoms. The second kappa shape index (κ2) is 4.49. The molecule has 1 aromatic carbocycles. The molecular formula is C7H9NO2S2. The lowest BCUT2D eigenvalue weighted by molar-refractivity contribution is 0.570. The number of benzene rings is 1. The van der Waals surface area contributed by atoms with E-state index in [4.69, 9.17) is 4.55 Å². The molecule has 66 valence electrons. The van der Waals surface area contributed by atoms with Crippen LogP contribution >= 0.6 is 11.8 Å². The Bertz CT molecular complexity index is 290. The second-order valence-corrected chi connectivity index (χ2v) is 3.67.